The predicted octanol–water partition coefficient (Wildman–Crippen LogP) is 4.38. The Labute approximate surface area is 161 Å². The standard InChI is InChI=1S/C19H19ClFN5O/c1-12-9-16(17(27-2)10-15(12)20)24-19-25-18(11-23-26-19)22-8-7-13-3-5-14(21)6-4-13/h3-6,9-11H,7-8H2,1-2H3,(H2,22,24,25,26). The Balaban J connectivity index is 1.65. The lowest BCUT2D eigenvalue weighted by molar-refractivity contribution is 0.416. The molecule has 1 aromatic heterocycles. The van der Waals surface area contributed by atoms with Gasteiger partial charge in [0.05, 0.1) is 19.0 Å². The Morgan fingerprint density at radius 1 is 1.19 bits per heavy atom. The van der Waals surface area contributed by atoms with Crippen molar-refractivity contribution in [3.8, 4) is 5.75 Å². The Bertz CT molecular complexity index is 920. The molecule has 3 rings (SSSR count). The Hall–Kier alpha value is -2.93. The molecule has 0 fully saturated rings. The van der Waals surface area contributed by atoms with E-state index in [0.29, 0.717) is 34.8 Å². The van der Waals surface area contributed by atoms with E-state index in [9.17, 15) is 4.39 Å². The summed E-state index contributed by atoms with van der Waals surface area (Å²) in [6.45, 7) is 2.53. The first-order valence-electron chi connectivity index (χ1n) is 8.34. The molecule has 6 nitrogen and oxygen atoms in total. The van der Waals surface area contributed by atoms with Gasteiger partial charge in [0.25, 0.3) is 0 Å². The highest BCUT2D eigenvalue weighted by Crippen LogP contribution is 2.32. The van der Waals surface area contributed by atoms with Gasteiger partial charge in [-0.1, -0.05) is 23.7 Å². The second-order valence-corrected chi connectivity index (χ2v) is 6.30. The molecule has 8 heteroatoms. The van der Waals surface area contributed by atoms with Gasteiger partial charge in [0.1, 0.15) is 11.6 Å². The number of nitrogens with zero attached hydrogens (tertiary/aromatic N) is 3. The molecule has 0 spiro atoms. The van der Waals surface area contributed by atoms with Crippen molar-refractivity contribution in [2.45, 2.75) is 13.3 Å². The number of hydrogen-bond donors (Lipinski definition) is 2. The van der Waals surface area contributed by atoms with Crippen molar-refractivity contribution >= 4 is 29.1 Å². The molecule has 0 unspecified atom stereocenters. The molecule has 0 aliphatic carbocycles. The number of aryl methyl sites for hydroxylation is 1. The average molecular weight is 388 g/mol. The fourth-order valence-corrected chi connectivity index (χ4v) is 2.63. The monoisotopic (exact) mass is 387 g/mol. The van der Waals surface area contributed by atoms with Crippen LogP contribution in [0.2, 0.25) is 5.02 Å². The first kappa shape index (κ1) is 18.8. The molecule has 3 aromatic rings. The maximum atomic E-state index is 12.9. The van der Waals surface area contributed by atoms with Crippen LogP contribution in [0.3, 0.4) is 0 Å². The Morgan fingerprint density at radius 3 is 2.70 bits per heavy atom. The van der Waals surface area contributed by atoms with Crippen LogP contribution in [-0.2, 0) is 6.42 Å². The van der Waals surface area contributed by atoms with Gasteiger partial charge in [0.15, 0.2) is 5.82 Å². The molecule has 0 radical (unpaired) electrons. The molecule has 27 heavy (non-hydrogen) atoms. The van der Waals surface area contributed by atoms with Crippen LogP contribution in [0.15, 0.2) is 42.6 Å². The van der Waals surface area contributed by atoms with E-state index in [-0.39, 0.29) is 5.82 Å². The van der Waals surface area contributed by atoms with Crippen LogP contribution in [-0.4, -0.2) is 28.8 Å². The zero-order chi connectivity index (χ0) is 19.2. The molecule has 0 aliphatic rings. The van der Waals surface area contributed by atoms with Gasteiger partial charge >= 0.3 is 0 Å². The topological polar surface area (TPSA) is 72.0 Å². The molecule has 0 amide bonds. The van der Waals surface area contributed by atoms with Crippen molar-refractivity contribution in [2.24, 2.45) is 0 Å². The predicted molar refractivity (Wildman–Crippen MR) is 104 cm³/mol. The minimum absolute atomic E-state index is 0.240. The lowest BCUT2D eigenvalue weighted by atomic mass is 10.1. The number of nitrogens with one attached hydrogen (secondary N) is 2. The van der Waals surface area contributed by atoms with E-state index in [1.807, 2.05) is 13.0 Å². The molecule has 0 saturated heterocycles. The summed E-state index contributed by atoms with van der Waals surface area (Å²) in [5.74, 6) is 1.26. The van der Waals surface area contributed by atoms with Gasteiger partial charge < -0.3 is 15.4 Å². The quantitative estimate of drug-likeness (QED) is 0.626. The van der Waals surface area contributed by atoms with Crippen molar-refractivity contribution in [2.75, 3.05) is 24.3 Å². The second kappa shape index (κ2) is 8.64. The molecular formula is C19H19ClFN5O. The largest absolute Gasteiger partial charge is 0.495 e. The first-order valence-corrected chi connectivity index (χ1v) is 8.72. The molecule has 140 valence electrons. The van der Waals surface area contributed by atoms with E-state index in [1.54, 1.807) is 31.5 Å². The highest BCUT2D eigenvalue weighted by atomic mass is 35.5. The van der Waals surface area contributed by atoms with Gasteiger partial charge in [-0.15, -0.1) is 5.10 Å². The zero-order valence-corrected chi connectivity index (χ0v) is 15.7. The molecular weight excluding hydrogens is 369 g/mol. The number of anilines is 3. The highest BCUT2D eigenvalue weighted by molar-refractivity contribution is 6.31. The molecule has 0 saturated carbocycles. The summed E-state index contributed by atoms with van der Waals surface area (Å²) in [6.07, 6.45) is 2.28. The van der Waals surface area contributed by atoms with E-state index in [1.165, 1.54) is 12.1 Å². The van der Waals surface area contributed by atoms with Crippen LogP contribution in [0.25, 0.3) is 0 Å². The summed E-state index contributed by atoms with van der Waals surface area (Å²) < 4.78 is 18.3. The lowest BCUT2D eigenvalue weighted by Gasteiger charge is -2.12. The van der Waals surface area contributed by atoms with E-state index >= 15 is 0 Å². The maximum Gasteiger partial charge on any atom is 0.249 e. The average Bonchev–Trinajstić information content (AvgIpc) is 2.66. The smallest absolute Gasteiger partial charge is 0.249 e. The highest BCUT2D eigenvalue weighted by Gasteiger charge is 2.09. The van der Waals surface area contributed by atoms with Crippen LogP contribution >= 0.6 is 11.6 Å². The van der Waals surface area contributed by atoms with E-state index in [2.05, 4.69) is 25.8 Å². The fourth-order valence-electron chi connectivity index (χ4n) is 2.48. The molecule has 0 aliphatic heterocycles. The lowest BCUT2D eigenvalue weighted by Crippen LogP contribution is -2.09. The zero-order valence-electron chi connectivity index (χ0n) is 15.0. The minimum Gasteiger partial charge on any atom is -0.495 e. The second-order valence-electron chi connectivity index (χ2n) is 5.90. The number of methoxy groups -OCH3 is 1. The number of benzene rings is 2. The van der Waals surface area contributed by atoms with Crippen LogP contribution in [0, 0.1) is 12.7 Å². The van der Waals surface area contributed by atoms with E-state index in [4.69, 9.17) is 16.3 Å². The first-order chi connectivity index (χ1) is 13.0. The van der Waals surface area contributed by atoms with Crippen LogP contribution in [0.5, 0.6) is 5.75 Å². The molecule has 2 aromatic carbocycles. The summed E-state index contributed by atoms with van der Waals surface area (Å²) in [5.41, 5.74) is 2.64. The number of aromatic nitrogens is 3. The molecule has 1 heterocycles. The van der Waals surface area contributed by atoms with E-state index in [0.717, 1.165) is 17.5 Å². The molecule has 0 atom stereocenters. The molecule has 0 bridgehead atoms. The van der Waals surface area contributed by atoms with Crippen molar-refractivity contribution in [1.29, 1.82) is 0 Å². The Kier molecular flexibility index (Phi) is 6.03. The minimum atomic E-state index is -0.240. The van der Waals surface area contributed by atoms with Crippen molar-refractivity contribution in [3.05, 3.63) is 64.6 Å². The number of halogens is 2. The van der Waals surface area contributed by atoms with Gasteiger partial charge in [0, 0.05) is 17.6 Å². The van der Waals surface area contributed by atoms with E-state index < -0.39 is 0 Å². The van der Waals surface area contributed by atoms with Crippen molar-refractivity contribution in [3.63, 3.8) is 0 Å². The Morgan fingerprint density at radius 2 is 1.96 bits per heavy atom. The summed E-state index contributed by atoms with van der Waals surface area (Å²) >= 11 is 6.13. The number of hydrogen-bond acceptors (Lipinski definition) is 6. The van der Waals surface area contributed by atoms with Crippen LogP contribution in [0.1, 0.15) is 11.1 Å². The summed E-state index contributed by atoms with van der Waals surface area (Å²) in [5, 5.41) is 14.9. The number of rotatable bonds is 7. The van der Waals surface area contributed by atoms with Crippen LogP contribution < -0.4 is 15.4 Å². The third-order valence-electron chi connectivity index (χ3n) is 3.92. The van der Waals surface area contributed by atoms with Crippen molar-refractivity contribution < 1.29 is 9.13 Å². The molecule has 2 N–H and O–H groups in total. The summed E-state index contributed by atoms with van der Waals surface area (Å²) in [4.78, 5) is 4.40. The van der Waals surface area contributed by atoms with Gasteiger partial charge in [-0.3, -0.25) is 0 Å². The number of ether oxygens (including phenoxy) is 1. The van der Waals surface area contributed by atoms with Crippen molar-refractivity contribution in [1.82, 2.24) is 15.2 Å². The van der Waals surface area contributed by atoms with Gasteiger partial charge in [0.2, 0.25) is 5.95 Å². The summed E-state index contributed by atoms with van der Waals surface area (Å²) in [7, 11) is 1.57. The van der Waals surface area contributed by atoms with Gasteiger partial charge in [-0.05, 0) is 42.7 Å². The van der Waals surface area contributed by atoms with Crippen LogP contribution in [0.4, 0.5) is 21.8 Å². The fraction of sp³-hybridized carbons (Fsp3) is 0.211. The van der Waals surface area contributed by atoms with Gasteiger partial charge in [-0.2, -0.15) is 10.1 Å². The third-order valence-corrected chi connectivity index (χ3v) is 4.33. The summed E-state index contributed by atoms with van der Waals surface area (Å²) in [6, 6.07) is 10.0. The van der Waals surface area contributed by atoms with Gasteiger partial charge in [-0.25, -0.2) is 4.39 Å². The SMILES string of the molecule is COc1cc(Cl)c(C)cc1Nc1nncc(NCCc2ccc(F)cc2)n1. The third kappa shape index (κ3) is 5.04. The normalized spacial score (nSPS) is 10.5. The maximum absolute atomic E-state index is 12.9.